The molecule has 2 aromatic rings. The Hall–Kier alpha value is -1.59. The predicted molar refractivity (Wildman–Crippen MR) is 64.9 cm³/mol. The molecule has 5 heteroatoms. The van der Waals surface area contributed by atoms with Crippen molar-refractivity contribution < 1.29 is 4.42 Å². The number of aromatic nitrogens is 1. The first-order valence-corrected chi connectivity index (χ1v) is 5.87. The lowest BCUT2D eigenvalue weighted by Gasteiger charge is -2.10. The van der Waals surface area contributed by atoms with Crippen LogP contribution >= 0.6 is 0 Å². The monoisotopic (exact) mass is 233 g/mol. The Morgan fingerprint density at radius 1 is 1.47 bits per heavy atom. The molecular formula is C12H15N3O2. The molecule has 90 valence electrons. The molecule has 3 N–H and O–H groups in total. The van der Waals surface area contributed by atoms with E-state index in [0.29, 0.717) is 11.6 Å². The Morgan fingerprint density at radius 3 is 3.24 bits per heavy atom. The van der Waals surface area contributed by atoms with Crippen LogP contribution in [0.15, 0.2) is 27.4 Å². The van der Waals surface area contributed by atoms with Crippen molar-refractivity contribution in [2.75, 3.05) is 13.1 Å². The molecular weight excluding hydrogens is 218 g/mol. The molecule has 3 rings (SSSR count). The van der Waals surface area contributed by atoms with Crippen molar-refractivity contribution >= 4 is 11.1 Å². The van der Waals surface area contributed by atoms with Gasteiger partial charge in [-0.1, -0.05) is 6.07 Å². The first-order chi connectivity index (χ1) is 8.31. The number of benzene rings is 1. The zero-order chi connectivity index (χ0) is 11.7. The fourth-order valence-electron chi connectivity index (χ4n) is 2.19. The van der Waals surface area contributed by atoms with Crippen LogP contribution in [0.4, 0.5) is 0 Å². The number of hydrogen-bond acceptors (Lipinski definition) is 4. The van der Waals surface area contributed by atoms with Crippen molar-refractivity contribution in [2.45, 2.75) is 19.0 Å². The summed E-state index contributed by atoms with van der Waals surface area (Å²) >= 11 is 0. The van der Waals surface area contributed by atoms with E-state index in [9.17, 15) is 4.79 Å². The van der Waals surface area contributed by atoms with Crippen LogP contribution in [-0.4, -0.2) is 24.1 Å². The molecule has 1 unspecified atom stereocenters. The number of oxazole rings is 1. The van der Waals surface area contributed by atoms with Gasteiger partial charge in [0.25, 0.3) is 0 Å². The molecule has 0 amide bonds. The third-order valence-electron chi connectivity index (χ3n) is 3.14. The van der Waals surface area contributed by atoms with Gasteiger partial charge in [0.15, 0.2) is 5.58 Å². The maximum atomic E-state index is 11.0. The zero-order valence-electron chi connectivity index (χ0n) is 9.45. The second-order valence-corrected chi connectivity index (χ2v) is 4.42. The molecule has 0 spiro atoms. The Morgan fingerprint density at radius 2 is 2.41 bits per heavy atom. The van der Waals surface area contributed by atoms with Gasteiger partial charge in [-0.2, -0.15) is 0 Å². The van der Waals surface area contributed by atoms with Gasteiger partial charge in [0, 0.05) is 19.1 Å². The van der Waals surface area contributed by atoms with Gasteiger partial charge in [0.2, 0.25) is 0 Å². The largest absolute Gasteiger partial charge is 0.417 e. The summed E-state index contributed by atoms with van der Waals surface area (Å²) in [7, 11) is 0. The standard InChI is InChI=1S/C12H15N3O2/c16-12-15-10-2-1-8(5-11(10)17-12)6-14-9-3-4-13-7-9/h1-2,5,9,13-14H,3-4,6-7H2,(H,15,16). The summed E-state index contributed by atoms with van der Waals surface area (Å²) in [6, 6.07) is 6.33. The maximum absolute atomic E-state index is 11.0. The zero-order valence-corrected chi connectivity index (χ0v) is 9.45. The Kier molecular flexibility index (Phi) is 2.70. The quantitative estimate of drug-likeness (QED) is 0.725. The van der Waals surface area contributed by atoms with E-state index in [1.54, 1.807) is 0 Å². The molecule has 1 fully saturated rings. The highest BCUT2D eigenvalue weighted by atomic mass is 16.4. The number of hydrogen-bond donors (Lipinski definition) is 3. The van der Waals surface area contributed by atoms with Crippen molar-refractivity contribution in [3.63, 3.8) is 0 Å². The van der Waals surface area contributed by atoms with Gasteiger partial charge in [-0.15, -0.1) is 0 Å². The molecule has 0 aliphatic carbocycles. The number of nitrogens with one attached hydrogen (secondary N) is 3. The van der Waals surface area contributed by atoms with Crippen LogP contribution in [-0.2, 0) is 6.54 Å². The van der Waals surface area contributed by atoms with Crippen LogP contribution in [0, 0.1) is 0 Å². The van der Waals surface area contributed by atoms with E-state index in [2.05, 4.69) is 15.6 Å². The van der Waals surface area contributed by atoms with Gasteiger partial charge >= 0.3 is 5.76 Å². The number of H-pyrrole nitrogens is 1. The third kappa shape index (κ3) is 2.25. The lowest BCUT2D eigenvalue weighted by molar-refractivity contribution is 0.543. The summed E-state index contributed by atoms with van der Waals surface area (Å²) in [6.07, 6.45) is 1.17. The molecule has 0 saturated carbocycles. The maximum Gasteiger partial charge on any atom is 0.417 e. The third-order valence-corrected chi connectivity index (χ3v) is 3.14. The van der Waals surface area contributed by atoms with Gasteiger partial charge in [-0.05, 0) is 30.7 Å². The van der Waals surface area contributed by atoms with Gasteiger partial charge in [-0.3, -0.25) is 4.98 Å². The predicted octanol–water partition coefficient (Wildman–Crippen LogP) is 0.573. The normalized spacial score (nSPS) is 20.1. The lowest BCUT2D eigenvalue weighted by atomic mass is 10.2. The summed E-state index contributed by atoms with van der Waals surface area (Å²) in [4.78, 5) is 13.7. The van der Waals surface area contributed by atoms with E-state index >= 15 is 0 Å². The van der Waals surface area contributed by atoms with Crippen LogP contribution in [0.2, 0.25) is 0 Å². The van der Waals surface area contributed by atoms with E-state index < -0.39 is 5.76 Å². The van der Waals surface area contributed by atoms with E-state index in [1.807, 2.05) is 18.2 Å². The number of rotatable bonds is 3. The van der Waals surface area contributed by atoms with Gasteiger partial charge < -0.3 is 15.1 Å². The topological polar surface area (TPSA) is 70.1 Å². The molecule has 17 heavy (non-hydrogen) atoms. The van der Waals surface area contributed by atoms with Crippen LogP contribution in [0.3, 0.4) is 0 Å². The molecule has 0 bridgehead atoms. The number of fused-ring (bicyclic) bond motifs is 1. The van der Waals surface area contributed by atoms with E-state index in [-0.39, 0.29) is 0 Å². The molecule has 1 atom stereocenters. The number of aromatic amines is 1. The summed E-state index contributed by atoms with van der Waals surface area (Å²) in [5, 5.41) is 6.79. The molecule has 1 aromatic heterocycles. The minimum atomic E-state index is -0.398. The van der Waals surface area contributed by atoms with Crippen LogP contribution < -0.4 is 16.4 Å². The highest BCUT2D eigenvalue weighted by molar-refractivity contribution is 5.72. The molecule has 5 nitrogen and oxygen atoms in total. The summed E-state index contributed by atoms with van der Waals surface area (Å²) in [5.41, 5.74) is 2.51. The molecule has 0 radical (unpaired) electrons. The molecule has 1 aliphatic heterocycles. The van der Waals surface area contributed by atoms with Gasteiger partial charge in [0.1, 0.15) is 0 Å². The van der Waals surface area contributed by atoms with E-state index in [0.717, 1.165) is 30.7 Å². The SMILES string of the molecule is O=c1[nH]c2ccc(CNC3CCNC3)cc2o1. The van der Waals surface area contributed by atoms with Crippen LogP contribution in [0.5, 0.6) is 0 Å². The van der Waals surface area contributed by atoms with Crippen molar-refractivity contribution in [3.05, 3.63) is 34.3 Å². The Bertz CT molecular complexity index is 566. The van der Waals surface area contributed by atoms with Crippen molar-refractivity contribution in [1.82, 2.24) is 15.6 Å². The van der Waals surface area contributed by atoms with Crippen LogP contribution in [0.1, 0.15) is 12.0 Å². The second-order valence-electron chi connectivity index (χ2n) is 4.42. The summed E-state index contributed by atoms with van der Waals surface area (Å²) in [6.45, 7) is 2.92. The average molecular weight is 233 g/mol. The highest BCUT2D eigenvalue weighted by Gasteiger charge is 2.13. The van der Waals surface area contributed by atoms with Crippen molar-refractivity contribution in [2.24, 2.45) is 0 Å². The molecule has 1 aliphatic rings. The van der Waals surface area contributed by atoms with Crippen molar-refractivity contribution in [3.8, 4) is 0 Å². The van der Waals surface area contributed by atoms with Crippen molar-refractivity contribution in [1.29, 1.82) is 0 Å². The summed E-state index contributed by atoms with van der Waals surface area (Å²) in [5.74, 6) is -0.398. The lowest BCUT2D eigenvalue weighted by Crippen LogP contribution is -2.30. The Balaban J connectivity index is 1.73. The van der Waals surface area contributed by atoms with E-state index in [1.165, 1.54) is 6.42 Å². The van der Waals surface area contributed by atoms with Crippen LogP contribution in [0.25, 0.3) is 11.1 Å². The van der Waals surface area contributed by atoms with E-state index in [4.69, 9.17) is 4.42 Å². The highest BCUT2D eigenvalue weighted by Crippen LogP contribution is 2.12. The molecule has 2 heterocycles. The fraction of sp³-hybridized carbons (Fsp3) is 0.417. The minimum Gasteiger partial charge on any atom is -0.408 e. The first-order valence-electron chi connectivity index (χ1n) is 5.87. The smallest absolute Gasteiger partial charge is 0.408 e. The molecule has 1 saturated heterocycles. The Labute approximate surface area is 98.2 Å². The minimum absolute atomic E-state index is 0.398. The fourth-order valence-corrected chi connectivity index (χ4v) is 2.19. The summed E-state index contributed by atoms with van der Waals surface area (Å²) < 4.78 is 5.03. The second kappa shape index (κ2) is 4.35. The molecule has 1 aromatic carbocycles. The van der Waals surface area contributed by atoms with Gasteiger partial charge in [0.05, 0.1) is 5.52 Å². The first kappa shape index (κ1) is 10.6. The average Bonchev–Trinajstić information content (AvgIpc) is 2.92. The van der Waals surface area contributed by atoms with Gasteiger partial charge in [-0.25, -0.2) is 4.79 Å².